The Hall–Kier alpha value is -3.08. The Kier molecular flexibility index (Phi) is 5.28. The van der Waals surface area contributed by atoms with Gasteiger partial charge in [0, 0.05) is 17.8 Å². The maximum absolute atomic E-state index is 12.4. The van der Waals surface area contributed by atoms with Crippen molar-refractivity contribution in [3.8, 4) is 11.1 Å². The number of rotatable bonds is 4. The number of aromatic nitrogens is 1. The molecule has 5 rings (SSSR count). The van der Waals surface area contributed by atoms with Gasteiger partial charge in [0.1, 0.15) is 5.15 Å². The van der Waals surface area contributed by atoms with Crippen LogP contribution >= 0.6 is 23.2 Å². The van der Waals surface area contributed by atoms with Crippen molar-refractivity contribution in [1.82, 2.24) is 9.88 Å². The van der Waals surface area contributed by atoms with Gasteiger partial charge in [-0.1, -0.05) is 83.9 Å². The predicted molar refractivity (Wildman–Crippen MR) is 129 cm³/mol. The molecule has 0 fully saturated rings. The van der Waals surface area contributed by atoms with Crippen LogP contribution in [-0.2, 0) is 0 Å². The summed E-state index contributed by atoms with van der Waals surface area (Å²) < 4.78 is 0. The number of nitrogens with zero attached hydrogens (tertiary/aromatic N) is 2. The van der Waals surface area contributed by atoms with Crippen molar-refractivity contribution < 1.29 is 9.90 Å². The summed E-state index contributed by atoms with van der Waals surface area (Å²) in [7, 11) is 0. The highest BCUT2D eigenvalue weighted by molar-refractivity contribution is 6.41. The lowest BCUT2D eigenvalue weighted by Gasteiger charge is -2.29. The Morgan fingerprint density at radius 3 is 2.25 bits per heavy atom. The Labute approximate surface area is 196 Å². The van der Waals surface area contributed by atoms with Crippen LogP contribution in [-0.4, -0.2) is 27.6 Å². The van der Waals surface area contributed by atoms with E-state index in [2.05, 4.69) is 29.2 Å². The molecule has 0 unspecified atom stereocenters. The molecule has 160 valence electrons. The lowest BCUT2D eigenvalue weighted by atomic mass is 9.95. The first kappa shape index (κ1) is 20.8. The van der Waals surface area contributed by atoms with Crippen LogP contribution in [0.2, 0.25) is 10.2 Å². The van der Waals surface area contributed by atoms with Gasteiger partial charge in [0.2, 0.25) is 0 Å². The van der Waals surface area contributed by atoms with Crippen LogP contribution in [0, 0.1) is 0 Å². The molecular weight excluding hydrogens is 443 g/mol. The van der Waals surface area contributed by atoms with E-state index < -0.39 is 12.1 Å². The Bertz CT molecular complexity index is 1310. The monoisotopic (exact) mass is 462 g/mol. The quantitative estimate of drug-likeness (QED) is 0.321. The molecule has 1 N–H and O–H groups in total. The molecule has 3 aromatic carbocycles. The number of hydrogen-bond donors (Lipinski definition) is 1. The highest BCUT2D eigenvalue weighted by Crippen LogP contribution is 2.45. The van der Waals surface area contributed by atoms with Gasteiger partial charge in [0.25, 0.3) is 0 Å². The molecule has 32 heavy (non-hydrogen) atoms. The van der Waals surface area contributed by atoms with E-state index in [1.54, 1.807) is 6.07 Å². The van der Waals surface area contributed by atoms with E-state index >= 15 is 0 Å². The molecule has 1 aliphatic carbocycles. The summed E-state index contributed by atoms with van der Waals surface area (Å²) in [5, 5.41) is 12.4. The van der Waals surface area contributed by atoms with Crippen LogP contribution in [0.3, 0.4) is 0 Å². The van der Waals surface area contributed by atoms with Gasteiger partial charge < -0.3 is 5.11 Å². The van der Waals surface area contributed by atoms with Gasteiger partial charge in [-0.05, 0) is 46.7 Å². The predicted octanol–water partition coefficient (Wildman–Crippen LogP) is 7.40. The molecule has 1 aliphatic rings. The molecular formula is C26H20Cl2N2O2. The van der Waals surface area contributed by atoms with E-state index in [1.807, 2.05) is 49.4 Å². The Morgan fingerprint density at radius 1 is 1.00 bits per heavy atom. The minimum absolute atomic E-state index is 0.0497. The van der Waals surface area contributed by atoms with Crippen LogP contribution in [0.25, 0.3) is 21.9 Å². The summed E-state index contributed by atoms with van der Waals surface area (Å²) in [6.45, 7) is 2.16. The van der Waals surface area contributed by atoms with Crippen molar-refractivity contribution in [1.29, 1.82) is 0 Å². The van der Waals surface area contributed by atoms with Gasteiger partial charge in [-0.25, -0.2) is 9.78 Å². The lowest BCUT2D eigenvalue weighted by molar-refractivity contribution is 0.125. The van der Waals surface area contributed by atoms with Crippen molar-refractivity contribution in [2.75, 3.05) is 6.54 Å². The second-order valence-electron chi connectivity index (χ2n) is 8.01. The van der Waals surface area contributed by atoms with Crippen LogP contribution < -0.4 is 0 Å². The summed E-state index contributed by atoms with van der Waals surface area (Å²) in [6.07, 6.45) is -0.997. The summed E-state index contributed by atoms with van der Waals surface area (Å²) in [5.74, 6) is -0.0497. The standard InChI is InChI=1S/C26H20Cl2N2O2/c1-15(23-13-16-7-6-12-22(27)24(16)25(28)29-23)30(26(31)32)14-21-19-10-4-2-8-17(19)18-9-3-5-11-20(18)21/h2-13,15,21H,14H2,1H3,(H,31,32)/t15-/m0/s1. The second kappa shape index (κ2) is 8.12. The average Bonchev–Trinajstić information content (AvgIpc) is 3.10. The SMILES string of the molecule is C[C@@H](c1cc2cccc(Cl)c2c(Cl)n1)N(CC1c2ccccc2-c2ccccc21)C(=O)O. The number of fused-ring (bicyclic) bond motifs is 4. The van der Waals surface area contributed by atoms with Crippen LogP contribution in [0.5, 0.6) is 0 Å². The minimum Gasteiger partial charge on any atom is -0.465 e. The molecule has 0 aliphatic heterocycles. The first-order valence-electron chi connectivity index (χ1n) is 10.4. The summed E-state index contributed by atoms with van der Waals surface area (Å²) in [4.78, 5) is 18.3. The highest BCUT2D eigenvalue weighted by Gasteiger charge is 2.33. The molecule has 0 bridgehead atoms. The molecule has 1 amide bonds. The highest BCUT2D eigenvalue weighted by atomic mass is 35.5. The maximum atomic E-state index is 12.4. The van der Waals surface area contributed by atoms with E-state index in [-0.39, 0.29) is 11.1 Å². The zero-order chi connectivity index (χ0) is 22.4. The molecule has 0 saturated heterocycles. The van der Waals surface area contributed by atoms with Crippen molar-refractivity contribution >= 4 is 40.1 Å². The molecule has 6 heteroatoms. The van der Waals surface area contributed by atoms with Gasteiger partial charge in [-0.2, -0.15) is 0 Å². The first-order valence-corrected chi connectivity index (χ1v) is 11.1. The number of benzene rings is 3. The number of carbonyl (C=O) groups is 1. The fourth-order valence-electron chi connectivity index (χ4n) is 4.67. The van der Waals surface area contributed by atoms with Crippen molar-refractivity contribution in [2.24, 2.45) is 0 Å². The van der Waals surface area contributed by atoms with Gasteiger partial charge in [0.05, 0.1) is 16.8 Å². The topological polar surface area (TPSA) is 53.4 Å². The molecule has 0 spiro atoms. The van der Waals surface area contributed by atoms with Gasteiger partial charge >= 0.3 is 6.09 Å². The molecule has 1 heterocycles. The number of pyridine rings is 1. The van der Waals surface area contributed by atoms with E-state index in [1.165, 1.54) is 4.90 Å². The molecule has 0 radical (unpaired) electrons. The fraction of sp³-hybridized carbons (Fsp3) is 0.154. The summed E-state index contributed by atoms with van der Waals surface area (Å²) in [5.41, 5.74) is 5.19. The summed E-state index contributed by atoms with van der Waals surface area (Å²) >= 11 is 12.7. The number of halogens is 2. The molecule has 4 nitrogen and oxygen atoms in total. The van der Waals surface area contributed by atoms with E-state index in [4.69, 9.17) is 23.2 Å². The van der Waals surface area contributed by atoms with E-state index in [9.17, 15) is 9.90 Å². The van der Waals surface area contributed by atoms with E-state index in [0.29, 0.717) is 22.6 Å². The molecule has 4 aromatic rings. The zero-order valence-corrected chi connectivity index (χ0v) is 18.8. The van der Waals surface area contributed by atoms with Gasteiger partial charge in [-0.15, -0.1) is 0 Å². The fourth-order valence-corrected chi connectivity index (χ4v) is 5.30. The smallest absolute Gasteiger partial charge is 0.407 e. The normalized spacial score (nSPS) is 13.6. The Balaban J connectivity index is 1.54. The summed E-state index contributed by atoms with van der Waals surface area (Å²) in [6, 6.07) is 23.3. The minimum atomic E-state index is -0.997. The van der Waals surface area contributed by atoms with Crippen molar-refractivity contribution in [3.05, 3.63) is 99.8 Å². The van der Waals surface area contributed by atoms with Gasteiger partial charge in [0.15, 0.2) is 0 Å². The second-order valence-corrected chi connectivity index (χ2v) is 8.78. The number of carboxylic acid groups (broad SMARTS) is 1. The zero-order valence-electron chi connectivity index (χ0n) is 17.3. The molecule has 0 saturated carbocycles. The van der Waals surface area contributed by atoms with E-state index in [0.717, 1.165) is 27.6 Å². The number of hydrogen-bond acceptors (Lipinski definition) is 2. The third-order valence-electron chi connectivity index (χ3n) is 6.27. The third-order valence-corrected chi connectivity index (χ3v) is 6.85. The maximum Gasteiger partial charge on any atom is 0.407 e. The molecule has 1 aromatic heterocycles. The van der Waals surface area contributed by atoms with Crippen LogP contribution in [0.15, 0.2) is 72.8 Å². The van der Waals surface area contributed by atoms with Crippen molar-refractivity contribution in [3.63, 3.8) is 0 Å². The lowest BCUT2D eigenvalue weighted by Crippen LogP contribution is -2.36. The molecule has 1 atom stereocenters. The Morgan fingerprint density at radius 2 is 1.62 bits per heavy atom. The van der Waals surface area contributed by atoms with Crippen molar-refractivity contribution in [2.45, 2.75) is 18.9 Å². The van der Waals surface area contributed by atoms with Gasteiger partial charge in [-0.3, -0.25) is 4.90 Å². The van der Waals surface area contributed by atoms with Crippen LogP contribution in [0.4, 0.5) is 4.79 Å². The number of amides is 1. The third kappa shape index (κ3) is 3.40. The van der Waals surface area contributed by atoms with Crippen LogP contribution in [0.1, 0.15) is 35.7 Å². The first-order chi connectivity index (χ1) is 15.5. The largest absolute Gasteiger partial charge is 0.465 e. The average molecular weight is 463 g/mol.